The number of fused-ring (bicyclic) bond motifs is 10. The summed E-state index contributed by atoms with van der Waals surface area (Å²) in [5.74, 6) is 0. The lowest BCUT2D eigenvalue weighted by Crippen LogP contribution is -1.97. The zero-order valence-corrected chi connectivity index (χ0v) is 27.7. The molecule has 0 amide bonds. The number of hydrogen-bond acceptors (Lipinski definition) is 0. The SMILES string of the molecule is c1ccc(-n2c3ccccc3c3c2cc(-c2cccc(-n4c5ccccc5c5ccccc54)c2)c2c4ccccc4n(-c4ccccc4)c23)cc1. The summed E-state index contributed by atoms with van der Waals surface area (Å²) in [6, 6.07) is 68.4. The number of rotatable bonds is 4. The van der Waals surface area contributed by atoms with Crippen molar-refractivity contribution in [3.8, 4) is 28.2 Å². The summed E-state index contributed by atoms with van der Waals surface area (Å²) in [6.07, 6.45) is 0. The first-order valence-electron chi connectivity index (χ1n) is 17.5. The van der Waals surface area contributed by atoms with Gasteiger partial charge in [0.05, 0.1) is 33.1 Å². The van der Waals surface area contributed by atoms with Gasteiger partial charge in [-0.1, -0.05) is 121 Å². The quantitative estimate of drug-likeness (QED) is 0.180. The van der Waals surface area contributed by atoms with Gasteiger partial charge in [-0.15, -0.1) is 0 Å². The van der Waals surface area contributed by atoms with Crippen molar-refractivity contribution in [2.45, 2.75) is 0 Å². The Morgan fingerprint density at radius 1 is 0.275 bits per heavy atom. The molecule has 0 saturated heterocycles. The molecule has 11 rings (SSSR count). The molecule has 0 N–H and O–H groups in total. The number of benzene rings is 8. The Morgan fingerprint density at radius 2 is 0.706 bits per heavy atom. The molecule has 3 aromatic heterocycles. The first-order valence-corrected chi connectivity index (χ1v) is 17.5. The molecule has 3 heteroatoms. The third-order valence-electron chi connectivity index (χ3n) is 10.6. The topological polar surface area (TPSA) is 14.8 Å². The van der Waals surface area contributed by atoms with Crippen LogP contribution in [0.15, 0.2) is 188 Å². The molecule has 3 nitrogen and oxygen atoms in total. The molecule has 0 aliphatic carbocycles. The van der Waals surface area contributed by atoms with Gasteiger partial charge in [-0.05, 0) is 77.9 Å². The van der Waals surface area contributed by atoms with E-state index in [1.165, 1.54) is 76.5 Å². The smallest absolute Gasteiger partial charge is 0.0647 e. The van der Waals surface area contributed by atoms with Crippen LogP contribution in [-0.4, -0.2) is 13.7 Å². The Morgan fingerprint density at radius 3 is 1.31 bits per heavy atom. The zero-order chi connectivity index (χ0) is 33.5. The van der Waals surface area contributed by atoms with Gasteiger partial charge in [0.2, 0.25) is 0 Å². The van der Waals surface area contributed by atoms with E-state index >= 15 is 0 Å². The number of nitrogens with zero attached hydrogens (tertiary/aromatic N) is 3. The van der Waals surface area contributed by atoms with Crippen molar-refractivity contribution in [2.24, 2.45) is 0 Å². The van der Waals surface area contributed by atoms with Gasteiger partial charge in [0.15, 0.2) is 0 Å². The minimum absolute atomic E-state index is 1.15. The molecule has 0 aliphatic rings. The highest BCUT2D eigenvalue weighted by atomic mass is 15.0. The molecule has 0 spiro atoms. The maximum Gasteiger partial charge on any atom is 0.0647 e. The van der Waals surface area contributed by atoms with Gasteiger partial charge < -0.3 is 13.7 Å². The molecule has 3 heterocycles. The maximum absolute atomic E-state index is 2.48. The van der Waals surface area contributed by atoms with Crippen LogP contribution < -0.4 is 0 Å². The van der Waals surface area contributed by atoms with Gasteiger partial charge in [-0.25, -0.2) is 0 Å². The summed E-state index contributed by atoms with van der Waals surface area (Å²) < 4.78 is 7.34. The van der Waals surface area contributed by atoms with Crippen LogP contribution in [0, 0.1) is 0 Å². The number of para-hydroxylation sites is 6. The Kier molecular flexibility index (Phi) is 5.96. The minimum Gasteiger partial charge on any atom is -0.309 e. The van der Waals surface area contributed by atoms with Gasteiger partial charge in [0.1, 0.15) is 0 Å². The van der Waals surface area contributed by atoms with Gasteiger partial charge in [0.25, 0.3) is 0 Å². The second-order valence-electron chi connectivity index (χ2n) is 13.3. The van der Waals surface area contributed by atoms with Crippen molar-refractivity contribution in [3.05, 3.63) is 188 Å². The lowest BCUT2D eigenvalue weighted by molar-refractivity contribution is 1.17. The normalized spacial score (nSPS) is 11.9. The van der Waals surface area contributed by atoms with Crippen molar-refractivity contribution in [2.75, 3.05) is 0 Å². The monoisotopic (exact) mass is 649 g/mol. The van der Waals surface area contributed by atoms with Crippen LogP contribution >= 0.6 is 0 Å². The van der Waals surface area contributed by atoms with Crippen LogP contribution in [-0.2, 0) is 0 Å². The predicted molar refractivity (Wildman–Crippen MR) is 215 cm³/mol. The van der Waals surface area contributed by atoms with Crippen molar-refractivity contribution < 1.29 is 0 Å². The molecule has 0 aliphatic heterocycles. The predicted octanol–water partition coefficient (Wildman–Crippen LogP) is 12.6. The molecule has 0 unspecified atom stereocenters. The lowest BCUT2D eigenvalue weighted by Gasteiger charge is -2.14. The van der Waals surface area contributed by atoms with Crippen molar-refractivity contribution in [1.82, 2.24) is 13.7 Å². The Balaban J connectivity index is 1.32. The highest BCUT2D eigenvalue weighted by Gasteiger charge is 2.24. The molecule has 51 heavy (non-hydrogen) atoms. The fourth-order valence-corrected chi connectivity index (χ4v) is 8.54. The van der Waals surface area contributed by atoms with E-state index in [0.29, 0.717) is 0 Å². The molecule has 11 aromatic rings. The van der Waals surface area contributed by atoms with Gasteiger partial charge >= 0.3 is 0 Å². The highest BCUT2D eigenvalue weighted by Crippen LogP contribution is 2.46. The van der Waals surface area contributed by atoms with Crippen LogP contribution in [0.5, 0.6) is 0 Å². The fraction of sp³-hybridized carbons (Fsp3) is 0. The lowest BCUT2D eigenvalue weighted by atomic mass is 9.96. The Bertz CT molecular complexity index is 3070. The zero-order valence-electron chi connectivity index (χ0n) is 27.7. The standard InChI is InChI=1S/C48H31N3/c1-3-17-33(18-4-1)49-43-28-13-10-25-39(43)47-45(49)31-40(46-38-24-9-14-29-44(38)51(48(46)47)34-19-5-2-6-20-34)32-16-15-21-35(30-32)50-41-26-11-7-22-36(41)37-23-8-12-27-42(37)50/h1-31H. The second kappa shape index (κ2) is 10.8. The molecular formula is C48H31N3. The summed E-state index contributed by atoms with van der Waals surface area (Å²) in [5.41, 5.74) is 13.1. The molecule has 0 radical (unpaired) electrons. The average Bonchev–Trinajstić information content (AvgIpc) is 3.84. The van der Waals surface area contributed by atoms with Crippen molar-refractivity contribution in [3.63, 3.8) is 0 Å². The van der Waals surface area contributed by atoms with Crippen LogP contribution in [0.3, 0.4) is 0 Å². The van der Waals surface area contributed by atoms with Gasteiger partial charge in [-0.2, -0.15) is 0 Å². The number of hydrogen-bond donors (Lipinski definition) is 0. The largest absolute Gasteiger partial charge is 0.309 e. The van der Waals surface area contributed by atoms with Crippen molar-refractivity contribution in [1.29, 1.82) is 0 Å². The molecule has 0 fully saturated rings. The average molecular weight is 650 g/mol. The van der Waals surface area contributed by atoms with Crippen LogP contribution in [0.25, 0.3) is 93.6 Å². The first kappa shape index (κ1) is 28.0. The third kappa shape index (κ3) is 4.00. The first-order chi connectivity index (χ1) is 25.3. The van der Waals surface area contributed by atoms with E-state index in [9.17, 15) is 0 Å². The van der Waals surface area contributed by atoms with E-state index in [4.69, 9.17) is 0 Å². The summed E-state index contributed by atoms with van der Waals surface area (Å²) in [5, 5.41) is 7.53. The Labute approximate surface area is 294 Å². The van der Waals surface area contributed by atoms with E-state index in [0.717, 1.165) is 17.1 Å². The fourth-order valence-electron chi connectivity index (χ4n) is 8.54. The molecule has 0 saturated carbocycles. The summed E-state index contributed by atoms with van der Waals surface area (Å²) in [4.78, 5) is 0. The summed E-state index contributed by atoms with van der Waals surface area (Å²) in [6.45, 7) is 0. The second-order valence-corrected chi connectivity index (χ2v) is 13.3. The molecule has 238 valence electrons. The van der Waals surface area contributed by atoms with Crippen LogP contribution in [0.4, 0.5) is 0 Å². The molecule has 8 aromatic carbocycles. The maximum atomic E-state index is 2.48. The highest BCUT2D eigenvalue weighted by molar-refractivity contribution is 6.30. The molecule has 0 atom stereocenters. The Hall–Kier alpha value is -6.84. The third-order valence-corrected chi connectivity index (χ3v) is 10.6. The van der Waals surface area contributed by atoms with Crippen LogP contribution in [0.1, 0.15) is 0 Å². The summed E-state index contributed by atoms with van der Waals surface area (Å²) in [7, 11) is 0. The van der Waals surface area contributed by atoms with Crippen molar-refractivity contribution >= 4 is 65.4 Å². The molecule has 0 bridgehead atoms. The number of aromatic nitrogens is 3. The van der Waals surface area contributed by atoms with E-state index in [1.54, 1.807) is 0 Å². The molecular weight excluding hydrogens is 619 g/mol. The summed E-state index contributed by atoms with van der Waals surface area (Å²) >= 11 is 0. The van der Waals surface area contributed by atoms with E-state index in [2.05, 4.69) is 202 Å². The van der Waals surface area contributed by atoms with E-state index in [1.807, 2.05) is 0 Å². The van der Waals surface area contributed by atoms with E-state index < -0.39 is 0 Å². The van der Waals surface area contributed by atoms with E-state index in [-0.39, 0.29) is 0 Å². The van der Waals surface area contributed by atoms with Gasteiger partial charge in [-0.3, -0.25) is 0 Å². The van der Waals surface area contributed by atoms with Gasteiger partial charge in [0, 0.05) is 49.4 Å². The minimum atomic E-state index is 1.15. The van der Waals surface area contributed by atoms with Crippen LogP contribution in [0.2, 0.25) is 0 Å².